The maximum absolute atomic E-state index is 11.3. The first-order valence-electron chi connectivity index (χ1n) is 13.4. The van der Waals surface area contributed by atoms with Crippen molar-refractivity contribution < 1.29 is 5.11 Å². The molecule has 2 aliphatic rings. The second-order valence-corrected chi connectivity index (χ2v) is 11.7. The lowest BCUT2D eigenvalue weighted by Gasteiger charge is -2.39. The summed E-state index contributed by atoms with van der Waals surface area (Å²) < 4.78 is 0. The zero-order valence-corrected chi connectivity index (χ0v) is 21.9. The van der Waals surface area contributed by atoms with E-state index in [1.165, 1.54) is 22.3 Å². The fourth-order valence-electron chi connectivity index (χ4n) is 6.21. The maximum atomic E-state index is 11.3. The molecule has 2 unspecified atom stereocenters. The van der Waals surface area contributed by atoms with Crippen LogP contribution in [0.25, 0.3) is 0 Å². The summed E-state index contributed by atoms with van der Waals surface area (Å²) in [5, 5.41) is 15.9. The number of thiophene rings is 1. The topological polar surface area (TPSA) is 26.7 Å². The van der Waals surface area contributed by atoms with Crippen molar-refractivity contribution in [1.29, 1.82) is 0 Å². The first-order chi connectivity index (χ1) is 17.1. The number of rotatable bonds is 9. The molecule has 2 fully saturated rings. The largest absolute Gasteiger partial charge is 0.390 e. The standard InChI is InChI=1S/C31H40N2OS/c1-25-8-5-6-11-27(25)12-7-14-31(34)15-17-32(18-16-31)21-29-22-33(20-26-9-3-2-4-10-26)23-30(29)28-13-19-35-24-28/h2-6,8-11,13,19,24,29-30,34H,7,12,14-18,20-23H2,1H3. The number of aliphatic hydroxyl groups is 1. The highest BCUT2D eigenvalue weighted by molar-refractivity contribution is 7.08. The lowest BCUT2D eigenvalue weighted by molar-refractivity contribution is -0.0316. The van der Waals surface area contributed by atoms with Crippen LogP contribution in [-0.4, -0.2) is 53.2 Å². The summed E-state index contributed by atoms with van der Waals surface area (Å²) in [5.74, 6) is 1.26. The van der Waals surface area contributed by atoms with E-state index < -0.39 is 5.60 Å². The van der Waals surface area contributed by atoms with Gasteiger partial charge in [0.25, 0.3) is 0 Å². The molecule has 2 aromatic carbocycles. The van der Waals surface area contributed by atoms with Crippen LogP contribution < -0.4 is 0 Å². The number of hydrogen-bond acceptors (Lipinski definition) is 4. The second kappa shape index (κ2) is 11.4. The molecule has 0 saturated carbocycles. The normalized spacial score (nSPS) is 23.0. The van der Waals surface area contributed by atoms with Crippen LogP contribution in [0, 0.1) is 12.8 Å². The van der Waals surface area contributed by atoms with E-state index in [2.05, 4.69) is 88.1 Å². The van der Waals surface area contributed by atoms with Gasteiger partial charge < -0.3 is 10.0 Å². The third-order valence-electron chi connectivity index (χ3n) is 8.37. The highest BCUT2D eigenvalue weighted by Gasteiger charge is 2.37. The van der Waals surface area contributed by atoms with Gasteiger partial charge in [-0.1, -0.05) is 54.6 Å². The minimum atomic E-state index is -0.485. The Morgan fingerprint density at radius 1 is 0.943 bits per heavy atom. The molecule has 2 atom stereocenters. The Morgan fingerprint density at radius 2 is 1.71 bits per heavy atom. The first kappa shape index (κ1) is 24.7. The molecule has 5 rings (SSSR count). The van der Waals surface area contributed by atoms with Crippen molar-refractivity contribution >= 4 is 11.3 Å². The van der Waals surface area contributed by atoms with Crippen molar-refractivity contribution in [3.05, 3.63) is 93.7 Å². The Bertz CT molecular complexity index is 1040. The van der Waals surface area contributed by atoms with Gasteiger partial charge in [-0.3, -0.25) is 4.90 Å². The summed E-state index contributed by atoms with van der Waals surface area (Å²) in [5.41, 5.74) is 5.23. The van der Waals surface area contributed by atoms with Crippen molar-refractivity contribution in [2.24, 2.45) is 5.92 Å². The molecule has 186 valence electrons. The molecule has 1 aromatic heterocycles. The molecule has 3 aromatic rings. The average Bonchev–Trinajstić information content (AvgIpc) is 3.53. The third-order valence-corrected chi connectivity index (χ3v) is 9.07. The summed E-state index contributed by atoms with van der Waals surface area (Å²) in [6, 6.07) is 21.9. The Morgan fingerprint density at radius 3 is 2.46 bits per heavy atom. The molecule has 0 bridgehead atoms. The monoisotopic (exact) mass is 488 g/mol. The van der Waals surface area contributed by atoms with Crippen molar-refractivity contribution in [2.45, 2.75) is 57.1 Å². The molecule has 1 N–H and O–H groups in total. The van der Waals surface area contributed by atoms with Gasteiger partial charge in [0.1, 0.15) is 0 Å². The van der Waals surface area contributed by atoms with Gasteiger partial charge in [0.15, 0.2) is 0 Å². The fourth-order valence-corrected chi connectivity index (χ4v) is 6.94. The summed E-state index contributed by atoms with van der Waals surface area (Å²) in [6.07, 6.45) is 4.87. The van der Waals surface area contributed by atoms with Gasteiger partial charge in [0.05, 0.1) is 5.60 Å². The molecular weight excluding hydrogens is 448 g/mol. The second-order valence-electron chi connectivity index (χ2n) is 10.9. The molecule has 2 saturated heterocycles. The van der Waals surface area contributed by atoms with E-state index in [4.69, 9.17) is 0 Å². The van der Waals surface area contributed by atoms with Gasteiger partial charge in [0.2, 0.25) is 0 Å². The Kier molecular flexibility index (Phi) is 8.04. The van der Waals surface area contributed by atoms with Gasteiger partial charge in [0, 0.05) is 45.2 Å². The third kappa shape index (κ3) is 6.42. The fraction of sp³-hybridized carbons (Fsp3) is 0.484. The van der Waals surface area contributed by atoms with E-state index in [-0.39, 0.29) is 0 Å². The van der Waals surface area contributed by atoms with Crippen molar-refractivity contribution in [3.8, 4) is 0 Å². The van der Waals surface area contributed by atoms with E-state index in [1.807, 2.05) is 11.3 Å². The number of benzene rings is 2. The molecule has 0 radical (unpaired) electrons. The van der Waals surface area contributed by atoms with Crippen molar-refractivity contribution in [3.63, 3.8) is 0 Å². The van der Waals surface area contributed by atoms with E-state index >= 15 is 0 Å². The minimum absolute atomic E-state index is 0.485. The molecule has 2 aliphatic heterocycles. The van der Waals surface area contributed by atoms with Crippen LogP contribution in [0.2, 0.25) is 0 Å². The van der Waals surface area contributed by atoms with Crippen LogP contribution in [0.15, 0.2) is 71.4 Å². The van der Waals surface area contributed by atoms with Crippen LogP contribution in [0.1, 0.15) is 53.9 Å². The lowest BCUT2D eigenvalue weighted by atomic mass is 9.84. The van der Waals surface area contributed by atoms with Gasteiger partial charge in [-0.2, -0.15) is 11.3 Å². The lowest BCUT2D eigenvalue weighted by Crippen LogP contribution is -2.46. The number of hydrogen-bond donors (Lipinski definition) is 1. The first-order valence-corrected chi connectivity index (χ1v) is 14.3. The molecule has 0 aliphatic carbocycles. The number of nitrogens with zero attached hydrogens (tertiary/aromatic N) is 2. The molecule has 4 heteroatoms. The highest BCUT2D eigenvalue weighted by atomic mass is 32.1. The molecular formula is C31H40N2OS. The zero-order chi connectivity index (χ0) is 24.1. The van der Waals surface area contributed by atoms with Crippen molar-refractivity contribution in [2.75, 3.05) is 32.7 Å². The van der Waals surface area contributed by atoms with Crippen LogP contribution in [-0.2, 0) is 13.0 Å². The zero-order valence-electron chi connectivity index (χ0n) is 21.1. The van der Waals surface area contributed by atoms with Gasteiger partial charge in [-0.05, 0) is 84.0 Å². The molecule has 3 nitrogen and oxygen atoms in total. The van der Waals surface area contributed by atoms with Crippen LogP contribution in [0.4, 0.5) is 0 Å². The Balaban J connectivity index is 1.14. The van der Waals surface area contributed by atoms with Crippen LogP contribution >= 0.6 is 11.3 Å². The molecule has 0 amide bonds. The maximum Gasteiger partial charge on any atom is 0.0672 e. The molecule has 3 heterocycles. The van der Waals surface area contributed by atoms with E-state index in [0.29, 0.717) is 11.8 Å². The number of piperidine rings is 1. The average molecular weight is 489 g/mol. The summed E-state index contributed by atoms with van der Waals surface area (Å²) in [6.45, 7) is 8.72. The Labute approximate surface area is 215 Å². The number of likely N-dealkylation sites (tertiary alicyclic amines) is 2. The quantitative estimate of drug-likeness (QED) is 0.393. The summed E-state index contributed by atoms with van der Waals surface area (Å²) >= 11 is 1.82. The summed E-state index contributed by atoms with van der Waals surface area (Å²) in [4.78, 5) is 5.28. The Hall–Kier alpha value is -1.98. The smallest absolute Gasteiger partial charge is 0.0672 e. The predicted molar refractivity (Wildman–Crippen MR) is 147 cm³/mol. The number of aryl methyl sites for hydroxylation is 2. The SMILES string of the molecule is Cc1ccccc1CCCC1(O)CCN(CC2CN(Cc3ccccc3)CC2c2ccsc2)CC1. The van der Waals surface area contributed by atoms with Gasteiger partial charge in [-0.15, -0.1) is 0 Å². The van der Waals surface area contributed by atoms with Gasteiger partial charge >= 0.3 is 0 Å². The van der Waals surface area contributed by atoms with E-state index in [0.717, 1.165) is 71.4 Å². The van der Waals surface area contributed by atoms with E-state index in [1.54, 1.807) is 0 Å². The highest BCUT2D eigenvalue weighted by Crippen LogP contribution is 2.36. The van der Waals surface area contributed by atoms with Crippen molar-refractivity contribution in [1.82, 2.24) is 9.80 Å². The van der Waals surface area contributed by atoms with Crippen LogP contribution in [0.3, 0.4) is 0 Å². The molecule has 35 heavy (non-hydrogen) atoms. The minimum Gasteiger partial charge on any atom is -0.390 e. The van der Waals surface area contributed by atoms with Gasteiger partial charge in [-0.25, -0.2) is 0 Å². The predicted octanol–water partition coefficient (Wildman–Crippen LogP) is 6.12. The summed E-state index contributed by atoms with van der Waals surface area (Å²) in [7, 11) is 0. The molecule has 0 spiro atoms. The van der Waals surface area contributed by atoms with E-state index in [9.17, 15) is 5.11 Å². The van der Waals surface area contributed by atoms with Crippen LogP contribution in [0.5, 0.6) is 0 Å².